The van der Waals surface area contributed by atoms with Gasteiger partial charge in [0.15, 0.2) is 9.84 Å². The Hall–Kier alpha value is -1.93. The number of aromatic nitrogens is 2. The number of pyridine rings is 2. The number of rotatable bonds is 6. The Kier molecular flexibility index (Phi) is 4.83. The number of nitrogens with zero attached hydrogens (tertiary/aromatic N) is 2. The van der Waals surface area contributed by atoms with E-state index in [1.807, 2.05) is 6.92 Å². The van der Waals surface area contributed by atoms with Gasteiger partial charge in [-0.1, -0.05) is 13.8 Å². The van der Waals surface area contributed by atoms with Gasteiger partial charge in [0.2, 0.25) is 5.88 Å². The van der Waals surface area contributed by atoms with Crippen LogP contribution >= 0.6 is 0 Å². The molecule has 1 aliphatic rings. The van der Waals surface area contributed by atoms with Crippen LogP contribution in [0.25, 0.3) is 10.8 Å². The molecule has 1 atom stereocenters. The third-order valence-electron chi connectivity index (χ3n) is 4.87. The van der Waals surface area contributed by atoms with Crippen LogP contribution < -0.4 is 16.2 Å². The first kappa shape index (κ1) is 17.9. The minimum Gasteiger partial charge on any atom is -0.474 e. The molecule has 2 heterocycles. The highest BCUT2D eigenvalue weighted by molar-refractivity contribution is 7.92. The monoisotopic (exact) mass is 364 g/mol. The summed E-state index contributed by atoms with van der Waals surface area (Å²) in [4.78, 5) is 8.54. The van der Waals surface area contributed by atoms with Gasteiger partial charge in [-0.15, -0.1) is 0 Å². The summed E-state index contributed by atoms with van der Waals surface area (Å²) in [6.45, 7) is 3.68. The van der Waals surface area contributed by atoms with Crippen LogP contribution in [0.3, 0.4) is 0 Å². The standard InChI is InChI=1S/C17H24N4O3S/c1-3-15(18)13-8-21-17(14-9-20-16(19)7-12(13)14)24-10-5-11(6-10)25(22,23)4-2/h7-11,15H,3-6,18H2,1-2H3,(H2,19,20)/t10-,11+,15-/m1/s1. The number of hydrogen-bond donors (Lipinski definition) is 2. The molecule has 0 amide bonds. The van der Waals surface area contributed by atoms with Gasteiger partial charge in [0, 0.05) is 37.0 Å². The molecule has 0 unspecified atom stereocenters. The molecule has 1 fully saturated rings. The van der Waals surface area contributed by atoms with Crippen molar-refractivity contribution in [1.82, 2.24) is 9.97 Å². The molecule has 0 aliphatic heterocycles. The summed E-state index contributed by atoms with van der Waals surface area (Å²) in [5.74, 6) is 1.03. The van der Waals surface area contributed by atoms with E-state index in [0.717, 1.165) is 22.8 Å². The van der Waals surface area contributed by atoms with Gasteiger partial charge < -0.3 is 16.2 Å². The summed E-state index contributed by atoms with van der Waals surface area (Å²) in [6, 6.07) is 1.63. The smallest absolute Gasteiger partial charge is 0.223 e. The van der Waals surface area contributed by atoms with Gasteiger partial charge in [-0.05, 0) is 23.4 Å². The lowest BCUT2D eigenvalue weighted by molar-refractivity contribution is 0.119. The van der Waals surface area contributed by atoms with Gasteiger partial charge >= 0.3 is 0 Å². The van der Waals surface area contributed by atoms with E-state index in [4.69, 9.17) is 16.2 Å². The van der Waals surface area contributed by atoms with Crippen molar-refractivity contribution in [3.05, 3.63) is 24.0 Å². The van der Waals surface area contributed by atoms with Crippen LogP contribution in [0.2, 0.25) is 0 Å². The second-order valence-electron chi connectivity index (χ2n) is 6.47. The molecule has 7 nitrogen and oxygen atoms in total. The molecule has 0 aromatic carbocycles. The lowest BCUT2D eigenvalue weighted by Crippen LogP contribution is -2.43. The zero-order valence-corrected chi connectivity index (χ0v) is 15.3. The van der Waals surface area contributed by atoms with Crippen molar-refractivity contribution in [2.24, 2.45) is 5.73 Å². The number of anilines is 1. The Morgan fingerprint density at radius 3 is 2.60 bits per heavy atom. The molecular weight excluding hydrogens is 340 g/mol. The van der Waals surface area contributed by atoms with Gasteiger partial charge in [-0.3, -0.25) is 0 Å². The van der Waals surface area contributed by atoms with Crippen LogP contribution in [-0.2, 0) is 9.84 Å². The minimum absolute atomic E-state index is 0.145. The van der Waals surface area contributed by atoms with Gasteiger partial charge in [-0.2, -0.15) is 0 Å². The highest BCUT2D eigenvalue weighted by atomic mass is 32.2. The Labute approximate surface area is 147 Å². The van der Waals surface area contributed by atoms with Crippen LogP contribution in [0.4, 0.5) is 5.82 Å². The predicted octanol–water partition coefficient (Wildman–Crippen LogP) is 1.97. The second kappa shape index (κ2) is 6.76. The number of nitrogens with two attached hydrogens (primary N) is 2. The molecule has 136 valence electrons. The number of sulfone groups is 1. The van der Waals surface area contributed by atoms with Crippen molar-refractivity contribution in [1.29, 1.82) is 0 Å². The average Bonchev–Trinajstić information content (AvgIpc) is 2.56. The largest absolute Gasteiger partial charge is 0.474 e. The number of nitrogen functional groups attached to an aromatic ring is 1. The van der Waals surface area contributed by atoms with E-state index in [1.165, 1.54) is 0 Å². The molecule has 0 radical (unpaired) electrons. The van der Waals surface area contributed by atoms with E-state index in [0.29, 0.717) is 24.5 Å². The maximum Gasteiger partial charge on any atom is 0.223 e. The minimum atomic E-state index is -3.00. The molecular formula is C17H24N4O3S. The Balaban J connectivity index is 1.86. The molecule has 25 heavy (non-hydrogen) atoms. The first-order valence-electron chi connectivity index (χ1n) is 8.53. The molecule has 4 N–H and O–H groups in total. The zero-order valence-electron chi connectivity index (χ0n) is 14.5. The Morgan fingerprint density at radius 2 is 1.96 bits per heavy atom. The van der Waals surface area contributed by atoms with Crippen LogP contribution in [0.15, 0.2) is 18.5 Å². The van der Waals surface area contributed by atoms with E-state index in [1.54, 1.807) is 25.4 Å². The molecule has 0 spiro atoms. The molecule has 8 heteroatoms. The summed E-state index contributed by atoms with van der Waals surface area (Å²) in [5.41, 5.74) is 12.9. The fourth-order valence-electron chi connectivity index (χ4n) is 3.06. The highest BCUT2D eigenvalue weighted by Gasteiger charge is 2.39. The molecule has 2 aromatic heterocycles. The SMILES string of the molecule is CC[C@@H](N)c1cnc(O[C@H]2C[C@@H](S(=O)(=O)CC)C2)c2cnc(N)cc12. The van der Waals surface area contributed by atoms with Crippen LogP contribution in [0.1, 0.15) is 44.7 Å². The molecule has 2 aromatic rings. The Bertz CT molecular complexity index is 879. The van der Waals surface area contributed by atoms with E-state index < -0.39 is 9.84 Å². The summed E-state index contributed by atoms with van der Waals surface area (Å²) < 4.78 is 29.7. The summed E-state index contributed by atoms with van der Waals surface area (Å²) in [6.07, 6.45) is 4.97. The first-order chi connectivity index (χ1) is 11.9. The first-order valence-corrected chi connectivity index (χ1v) is 10.2. The number of hydrogen-bond acceptors (Lipinski definition) is 7. The van der Waals surface area contributed by atoms with Crippen LogP contribution in [0.5, 0.6) is 5.88 Å². The molecule has 0 bridgehead atoms. The molecule has 0 saturated heterocycles. The lowest BCUT2D eigenvalue weighted by atomic mass is 9.95. The van der Waals surface area contributed by atoms with Gasteiger partial charge in [0.1, 0.15) is 11.9 Å². The average molecular weight is 364 g/mol. The molecule has 3 rings (SSSR count). The van der Waals surface area contributed by atoms with Gasteiger partial charge in [0.25, 0.3) is 0 Å². The number of fused-ring (bicyclic) bond motifs is 1. The van der Waals surface area contributed by atoms with Gasteiger partial charge in [-0.25, -0.2) is 18.4 Å². The normalized spacial score (nSPS) is 21.7. The van der Waals surface area contributed by atoms with Gasteiger partial charge in [0.05, 0.1) is 10.6 Å². The van der Waals surface area contributed by atoms with E-state index in [2.05, 4.69) is 9.97 Å². The van der Waals surface area contributed by atoms with E-state index in [-0.39, 0.29) is 23.1 Å². The van der Waals surface area contributed by atoms with Crippen molar-refractivity contribution >= 4 is 26.4 Å². The third-order valence-corrected chi connectivity index (χ3v) is 7.07. The summed E-state index contributed by atoms with van der Waals surface area (Å²) in [5, 5.41) is 1.32. The zero-order chi connectivity index (χ0) is 18.2. The Morgan fingerprint density at radius 1 is 1.24 bits per heavy atom. The predicted molar refractivity (Wildman–Crippen MR) is 98.1 cm³/mol. The summed E-state index contributed by atoms with van der Waals surface area (Å²) in [7, 11) is -3.00. The maximum absolute atomic E-state index is 11.9. The molecule has 1 aliphatic carbocycles. The van der Waals surface area contributed by atoms with E-state index >= 15 is 0 Å². The van der Waals surface area contributed by atoms with Crippen molar-refractivity contribution in [2.75, 3.05) is 11.5 Å². The summed E-state index contributed by atoms with van der Waals surface area (Å²) >= 11 is 0. The molecule has 1 saturated carbocycles. The van der Waals surface area contributed by atoms with Crippen molar-refractivity contribution < 1.29 is 13.2 Å². The van der Waals surface area contributed by atoms with Crippen LogP contribution in [-0.4, -0.2) is 35.5 Å². The number of ether oxygens (including phenoxy) is 1. The fraction of sp³-hybridized carbons (Fsp3) is 0.529. The topological polar surface area (TPSA) is 121 Å². The second-order valence-corrected chi connectivity index (χ2v) is 9.04. The highest BCUT2D eigenvalue weighted by Crippen LogP contribution is 2.35. The third kappa shape index (κ3) is 3.41. The maximum atomic E-state index is 11.9. The van der Waals surface area contributed by atoms with Crippen LogP contribution in [0, 0.1) is 0 Å². The fourth-order valence-corrected chi connectivity index (χ4v) is 4.54. The lowest BCUT2D eigenvalue weighted by Gasteiger charge is -2.34. The van der Waals surface area contributed by atoms with E-state index in [9.17, 15) is 8.42 Å². The van der Waals surface area contributed by atoms with Crippen molar-refractivity contribution in [3.8, 4) is 5.88 Å². The van der Waals surface area contributed by atoms with Crippen molar-refractivity contribution in [3.63, 3.8) is 0 Å². The quantitative estimate of drug-likeness (QED) is 0.803. The van der Waals surface area contributed by atoms with Crippen molar-refractivity contribution in [2.45, 2.75) is 50.5 Å².